The summed E-state index contributed by atoms with van der Waals surface area (Å²) in [7, 11) is -2.98. The minimum atomic E-state index is -2.98. The first kappa shape index (κ1) is 13.5. The Labute approximate surface area is 147 Å². The number of carboxylic acids is 1. The summed E-state index contributed by atoms with van der Waals surface area (Å²) in [6.07, 6.45) is 0. The molecule has 0 fully saturated rings. The van der Waals surface area contributed by atoms with Crippen molar-refractivity contribution < 1.29 is 23.5 Å². The number of dihydropyridines is 1. The third kappa shape index (κ3) is 3.07. The van der Waals surface area contributed by atoms with Crippen LogP contribution < -0.4 is 5.32 Å². The van der Waals surface area contributed by atoms with Gasteiger partial charge in [-0.1, -0.05) is 35.3 Å². The van der Waals surface area contributed by atoms with Crippen LogP contribution in [0, 0.1) is 0 Å². The molecule has 0 spiro atoms. The quantitative estimate of drug-likeness (QED) is 0.638. The van der Waals surface area contributed by atoms with E-state index in [2.05, 4.69) is 10.1 Å². The van der Waals surface area contributed by atoms with Gasteiger partial charge in [-0.15, -0.1) is 0 Å². The molecule has 5 nitrogen and oxygen atoms in total. The molecule has 1 heterocycles. The molecular formula is C16H15Cl2NO4. The third-order valence-electron chi connectivity index (χ3n) is 3.60. The molecule has 1 aliphatic rings. The molecule has 0 saturated heterocycles. The highest BCUT2D eigenvalue weighted by atomic mass is 35.5. The van der Waals surface area contributed by atoms with Crippen LogP contribution in [-0.4, -0.2) is 24.1 Å². The molecule has 1 aromatic carbocycles. The number of esters is 1. The van der Waals surface area contributed by atoms with Crippen molar-refractivity contribution in [3.63, 3.8) is 0 Å². The van der Waals surface area contributed by atoms with E-state index in [9.17, 15) is 14.7 Å². The first-order valence-electron chi connectivity index (χ1n) is 8.03. The molecule has 1 aromatic rings. The van der Waals surface area contributed by atoms with Gasteiger partial charge in [-0.2, -0.15) is 0 Å². The largest absolute Gasteiger partial charge is 0.478 e. The second-order valence-electron chi connectivity index (χ2n) is 4.97. The van der Waals surface area contributed by atoms with E-state index in [0.717, 1.165) is 0 Å². The Bertz CT molecular complexity index is 846. The predicted octanol–water partition coefficient (Wildman–Crippen LogP) is 3.49. The lowest BCUT2D eigenvalue weighted by Gasteiger charge is -2.30. The average molecular weight is 360 g/mol. The molecule has 0 aromatic heterocycles. The number of ether oxygens (including phenoxy) is 1. The second kappa shape index (κ2) is 6.64. The Morgan fingerprint density at radius 3 is 2.52 bits per heavy atom. The maximum absolute atomic E-state index is 12.5. The van der Waals surface area contributed by atoms with E-state index in [1.165, 1.54) is 26.0 Å². The van der Waals surface area contributed by atoms with Crippen LogP contribution >= 0.6 is 23.2 Å². The van der Waals surface area contributed by atoms with Gasteiger partial charge in [0.25, 0.3) is 0 Å². The van der Waals surface area contributed by atoms with Crippen molar-refractivity contribution in [3.8, 4) is 0 Å². The van der Waals surface area contributed by atoms with E-state index in [1.54, 1.807) is 6.07 Å². The number of hydrogen-bond donors (Lipinski definition) is 2. The Kier molecular flexibility index (Phi) is 3.89. The maximum Gasteiger partial charge on any atom is 0.336 e. The number of aliphatic carboxylic acids is 1. The van der Waals surface area contributed by atoms with Crippen molar-refractivity contribution in [2.75, 3.05) is 7.04 Å². The molecule has 1 unspecified atom stereocenters. The molecule has 23 heavy (non-hydrogen) atoms. The number of nitrogens with one attached hydrogen (secondary N) is 1. The smallest absolute Gasteiger partial charge is 0.336 e. The van der Waals surface area contributed by atoms with Gasteiger partial charge in [0.1, 0.15) is 0 Å². The summed E-state index contributed by atoms with van der Waals surface area (Å²) >= 11 is 12.3. The molecule has 7 heteroatoms. The maximum atomic E-state index is 12.5. The van der Waals surface area contributed by atoms with Crippen LogP contribution in [0.5, 0.6) is 0 Å². The van der Waals surface area contributed by atoms with Crippen molar-refractivity contribution in [1.82, 2.24) is 5.32 Å². The van der Waals surface area contributed by atoms with Gasteiger partial charge in [0, 0.05) is 11.4 Å². The number of carbonyl (C=O) groups excluding carboxylic acids is 1. The number of allylic oxidation sites excluding steroid dienone is 2. The zero-order chi connectivity index (χ0) is 19.8. The molecule has 1 atom stereocenters. The third-order valence-corrected chi connectivity index (χ3v) is 4.43. The van der Waals surface area contributed by atoms with Gasteiger partial charge < -0.3 is 15.2 Å². The minimum Gasteiger partial charge on any atom is -0.478 e. The fourth-order valence-corrected chi connectivity index (χ4v) is 3.07. The van der Waals surface area contributed by atoms with Crippen molar-refractivity contribution in [2.24, 2.45) is 0 Å². The standard InChI is InChI=1S/C16H15Cl2NO4/c1-7-11(15(20)21)13(9-5-4-6-10(17)14(9)18)12(8(2)19-7)16(22)23-3/h4-6,13,19H,1-3H3,(H,20,21)/i3+1D3. The van der Waals surface area contributed by atoms with E-state index in [4.69, 9.17) is 27.3 Å². The summed E-state index contributed by atoms with van der Waals surface area (Å²) in [4.78, 5) is 24.4. The summed E-state index contributed by atoms with van der Waals surface area (Å²) < 4.78 is 25.9. The Balaban J connectivity index is 2.71. The zero-order valence-electron chi connectivity index (χ0n) is 15.2. The first-order valence-corrected chi connectivity index (χ1v) is 7.28. The number of hydrogen-bond acceptors (Lipinski definition) is 4. The van der Waals surface area contributed by atoms with Crippen LogP contribution in [0.3, 0.4) is 0 Å². The molecule has 122 valence electrons. The molecule has 2 N–H and O–H groups in total. The summed E-state index contributed by atoms with van der Waals surface area (Å²) in [5, 5.41) is 12.7. The van der Waals surface area contributed by atoms with Gasteiger partial charge in [0.05, 0.1) is 38.3 Å². The van der Waals surface area contributed by atoms with E-state index in [0.29, 0.717) is 5.70 Å². The van der Waals surface area contributed by atoms with Gasteiger partial charge in [0.2, 0.25) is 0 Å². The van der Waals surface area contributed by atoms with Crippen molar-refractivity contribution in [3.05, 3.63) is 56.3 Å². The van der Waals surface area contributed by atoms with Crippen LogP contribution in [0.25, 0.3) is 0 Å². The summed E-state index contributed by atoms with van der Waals surface area (Å²) in [5.74, 6) is -3.60. The molecular weight excluding hydrogens is 342 g/mol. The van der Waals surface area contributed by atoms with Crippen LogP contribution in [0.2, 0.25) is 10.0 Å². The number of carbonyl (C=O) groups is 2. The Hall–Kier alpha value is -1.98. The molecule has 0 bridgehead atoms. The van der Waals surface area contributed by atoms with Gasteiger partial charge in [-0.3, -0.25) is 0 Å². The highest BCUT2D eigenvalue weighted by Crippen LogP contribution is 2.42. The first-order chi connectivity index (χ1) is 11.9. The van der Waals surface area contributed by atoms with Crippen LogP contribution in [-0.2, 0) is 14.3 Å². The molecule has 0 aliphatic carbocycles. The zero-order valence-corrected chi connectivity index (χ0v) is 13.7. The molecule has 0 amide bonds. The molecule has 2 rings (SSSR count). The highest BCUT2D eigenvalue weighted by Gasteiger charge is 2.38. The van der Waals surface area contributed by atoms with Crippen molar-refractivity contribution >= 4 is 35.1 Å². The lowest BCUT2D eigenvalue weighted by Crippen LogP contribution is -2.31. The van der Waals surface area contributed by atoms with Crippen LogP contribution in [0.15, 0.2) is 40.7 Å². The average Bonchev–Trinajstić information content (AvgIpc) is 2.46. The molecule has 0 radical (unpaired) electrons. The topological polar surface area (TPSA) is 75.6 Å². The van der Waals surface area contributed by atoms with E-state index in [-0.39, 0.29) is 32.5 Å². The highest BCUT2D eigenvalue weighted by molar-refractivity contribution is 6.42. The van der Waals surface area contributed by atoms with Gasteiger partial charge in [0.15, 0.2) is 0 Å². The normalized spacial score (nSPS) is 20.3. The number of methoxy groups -OCH3 is 1. The number of carboxylic acid groups (broad SMARTS) is 1. The van der Waals surface area contributed by atoms with E-state index < -0.39 is 24.9 Å². The summed E-state index contributed by atoms with van der Waals surface area (Å²) in [5.41, 5.74) is 0.504. The van der Waals surface area contributed by atoms with Crippen LogP contribution in [0.4, 0.5) is 0 Å². The number of rotatable bonds is 3. The Morgan fingerprint density at radius 2 is 1.91 bits per heavy atom. The Morgan fingerprint density at radius 1 is 1.26 bits per heavy atom. The van der Waals surface area contributed by atoms with Gasteiger partial charge >= 0.3 is 11.9 Å². The number of halogens is 2. The monoisotopic (exact) mass is 359 g/mol. The lowest BCUT2D eigenvalue weighted by molar-refractivity contribution is -0.136. The minimum absolute atomic E-state index is 0.0691. The predicted molar refractivity (Wildman–Crippen MR) is 87.4 cm³/mol. The van der Waals surface area contributed by atoms with Crippen molar-refractivity contribution in [1.29, 1.82) is 0 Å². The molecule has 0 saturated carbocycles. The van der Waals surface area contributed by atoms with Crippen LogP contribution in [0.1, 0.15) is 29.4 Å². The SMILES string of the molecule is [2H][13C]([2H])([2H])OC(=O)C1=C(C)NC(C)=C(C(=O)O)C1c1cccc(Cl)c1Cl. The molecule has 1 aliphatic heterocycles. The lowest BCUT2D eigenvalue weighted by atomic mass is 9.80. The fourth-order valence-electron chi connectivity index (χ4n) is 2.66. The van der Waals surface area contributed by atoms with Gasteiger partial charge in [-0.25, -0.2) is 9.59 Å². The summed E-state index contributed by atoms with van der Waals surface area (Å²) in [6, 6.07) is 4.60. The number of benzene rings is 1. The van der Waals surface area contributed by atoms with E-state index >= 15 is 0 Å². The van der Waals surface area contributed by atoms with Gasteiger partial charge in [-0.05, 0) is 25.5 Å². The fraction of sp³-hybridized carbons (Fsp3) is 0.250. The van der Waals surface area contributed by atoms with E-state index in [1.807, 2.05) is 0 Å². The second-order valence-corrected chi connectivity index (χ2v) is 5.76. The van der Waals surface area contributed by atoms with Crippen molar-refractivity contribution in [2.45, 2.75) is 19.8 Å². The summed E-state index contributed by atoms with van der Waals surface area (Å²) in [6.45, 7) is 3.05.